The Morgan fingerprint density at radius 3 is 1.49 bits per heavy atom. The summed E-state index contributed by atoms with van der Waals surface area (Å²) in [6, 6.07) is 46.6. The molecule has 0 heterocycles. The van der Waals surface area contributed by atoms with Crippen molar-refractivity contribution < 1.29 is 0 Å². The van der Waals surface area contributed by atoms with Crippen LogP contribution in [0.1, 0.15) is 5.56 Å². The van der Waals surface area contributed by atoms with E-state index in [1.807, 2.05) is 0 Å². The summed E-state index contributed by atoms with van der Waals surface area (Å²) in [5.74, 6) is 0. The van der Waals surface area contributed by atoms with Gasteiger partial charge in [0.1, 0.15) is 0 Å². The van der Waals surface area contributed by atoms with Gasteiger partial charge in [0.15, 0.2) is 0 Å². The van der Waals surface area contributed by atoms with Gasteiger partial charge in [-0.05, 0) is 83.9 Å². The van der Waals surface area contributed by atoms with Crippen LogP contribution in [0.2, 0.25) is 0 Å². The zero-order valence-corrected chi connectivity index (χ0v) is 19.6. The third-order valence-electron chi connectivity index (χ3n) is 7.39. The van der Waals surface area contributed by atoms with Crippen LogP contribution in [0.25, 0.3) is 65.3 Å². The van der Waals surface area contributed by atoms with E-state index in [1.165, 1.54) is 70.9 Å². The molecule has 0 spiro atoms. The van der Waals surface area contributed by atoms with E-state index in [0.29, 0.717) is 0 Å². The van der Waals surface area contributed by atoms with Crippen LogP contribution < -0.4 is 0 Å². The first-order valence-corrected chi connectivity index (χ1v) is 12.2. The molecule has 7 rings (SSSR count). The van der Waals surface area contributed by atoms with Gasteiger partial charge in [0.2, 0.25) is 0 Å². The highest BCUT2D eigenvalue weighted by atomic mass is 14.1. The minimum Gasteiger partial charge on any atom is -0.0616 e. The fourth-order valence-electron chi connectivity index (χ4n) is 5.68. The number of rotatable bonds is 2. The first kappa shape index (κ1) is 20.0. The smallest absolute Gasteiger partial charge is 0.00761 e. The van der Waals surface area contributed by atoms with Crippen molar-refractivity contribution in [2.45, 2.75) is 6.92 Å². The van der Waals surface area contributed by atoms with E-state index in [0.717, 1.165) is 0 Å². The maximum atomic E-state index is 2.36. The lowest BCUT2D eigenvalue weighted by Gasteiger charge is -2.13. The van der Waals surface area contributed by atoms with Gasteiger partial charge in [-0.15, -0.1) is 0 Å². The van der Waals surface area contributed by atoms with Gasteiger partial charge in [0.25, 0.3) is 0 Å². The SMILES string of the molecule is Cc1ccc2ccccc2c1-c1ccc(-c2ccc3c4ccccc4c4ccccc4c3c2)cc1. The Bertz CT molecular complexity index is 1850. The van der Waals surface area contributed by atoms with Crippen molar-refractivity contribution in [3.63, 3.8) is 0 Å². The van der Waals surface area contributed by atoms with Crippen LogP contribution in [-0.4, -0.2) is 0 Å². The zero-order chi connectivity index (χ0) is 23.4. The monoisotopic (exact) mass is 444 g/mol. The summed E-state index contributed by atoms with van der Waals surface area (Å²) in [6.07, 6.45) is 0. The molecule has 0 saturated carbocycles. The topological polar surface area (TPSA) is 0 Å². The van der Waals surface area contributed by atoms with Crippen molar-refractivity contribution in [3.8, 4) is 22.3 Å². The van der Waals surface area contributed by atoms with Crippen LogP contribution in [-0.2, 0) is 0 Å². The Kier molecular flexibility index (Phi) is 4.47. The Morgan fingerprint density at radius 2 is 0.829 bits per heavy atom. The molecular weight excluding hydrogens is 420 g/mol. The first-order valence-electron chi connectivity index (χ1n) is 12.2. The number of fused-ring (bicyclic) bond motifs is 7. The molecule has 35 heavy (non-hydrogen) atoms. The van der Waals surface area contributed by atoms with Gasteiger partial charge in [0.05, 0.1) is 0 Å². The second kappa shape index (κ2) is 7.82. The molecule has 0 radical (unpaired) electrons. The van der Waals surface area contributed by atoms with Gasteiger partial charge < -0.3 is 0 Å². The standard InChI is InChI=1S/C35H24/c1-23-14-15-25-8-2-3-9-28(25)35(23)26-18-16-24(17-19-26)27-20-21-33-31-12-5-4-10-29(31)30-11-6-7-13-32(30)34(33)22-27/h2-22H,1H3. The van der Waals surface area contributed by atoms with Crippen molar-refractivity contribution in [2.75, 3.05) is 0 Å². The zero-order valence-electron chi connectivity index (χ0n) is 19.6. The van der Waals surface area contributed by atoms with Gasteiger partial charge in [-0.3, -0.25) is 0 Å². The molecule has 0 aromatic heterocycles. The third-order valence-corrected chi connectivity index (χ3v) is 7.39. The molecular formula is C35H24. The molecule has 0 aliphatic carbocycles. The highest BCUT2D eigenvalue weighted by molar-refractivity contribution is 6.25. The molecule has 0 nitrogen and oxygen atoms in total. The number of aryl methyl sites for hydroxylation is 1. The fourth-order valence-corrected chi connectivity index (χ4v) is 5.68. The molecule has 0 N–H and O–H groups in total. The van der Waals surface area contributed by atoms with Crippen molar-refractivity contribution in [2.24, 2.45) is 0 Å². The lowest BCUT2D eigenvalue weighted by Crippen LogP contribution is -1.87. The van der Waals surface area contributed by atoms with Gasteiger partial charge >= 0.3 is 0 Å². The highest BCUT2D eigenvalue weighted by Gasteiger charge is 2.11. The molecule has 0 saturated heterocycles. The lowest BCUT2D eigenvalue weighted by atomic mass is 9.91. The van der Waals surface area contributed by atoms with E-state index in [2.05, 4.69) is 134 Å². The molecule has 7 aromatic rings. The van der Waals surface area contributed by atoms with Gasteiger partial charge in [-0.25, -0.2) is 0 Å². The van der Waals surface area contributed by atoms with Crippen LogP contribution in [0.3, 0.4) is 0 Å². The first-order chi connectivity index (χ1) is 17.3. The summed E-state index contributed by atoms with van der Waals surface area (Å²) in [7, 11) is 0. The summed E-state index contributed by atoms with van der Waals surface area (Å²) in [5.41, 5.74) is 6.39. The molecule has 0 fully saturated rings. The quantitative estimate of drug-likeness (QED) is 0.233. The van der Waals surface area contributed by atoms with Crippen LogP contribution >= 0.6 is 0 Å². The van der Waals surface area contributed by atoms with Crippen molar-refractivity contribution in [1.29, 1.82) is 0 Å². The maximum absolute atomic E-state index is 2.36. The predicted octanol–water partition coefficient (Wildman–Crippen LogP) is 9.94. The van der Waals surface area contributed by atoms with E-state index in [-0.39, 0.29) is 0 Å². The highest BCUT2D eigenvalue weighted by Crippen LogP contribution is 2.38. The molecule has 0 bridgehead atoms. The molecule has 0 aliphatic heterocycles. The molecule has 0 heteroatoms. The average molecular weight is 445 g/mol. The number of benzene rings is 7. The van der Waals surface area contributed by atoms with Crippen LogP contribution in [0.15, 0.2) is 127 Å². The lowest BCUT2D eigenvalue weighted by molar-refractivity contribution is 1.49. The third kappa shape index (κ3) is 3.15. The second-order valence-corrected chi connectivity index (χ2v) is 9.41. The summed E-state index contributed by atoms with van der Waals surface area (Å²) < 4.78 is 0. The van der Waals surface area contributed by atoms with Gasteiger partial charge in [-0.1, -0.05) is 121 Å². The Hall–Kier alpha value is -4.42. The van der Waals surface area contributed by atoms with E-state index in [9.17, 15) is 0 Å². The summed E-state index contributed by atoms with van der Waals surface area (Å²) in [4.78, 5) is 0. The Morgan fingerprint density at radius 1 is 0.343 bits per heavy atom. The van der Waals surface area contributed by atoms with Gasteiger partial charge in [0, 0.05) is 0 Å². The van der Waals surface area contributed by atoms with Crippen molar-refractivity contribution in [3.05, 3.63) is 133 Å². The van der Waals surface area contributed by atoms with E-state index in [1.54, 1.807) is 0 Å². The summed E-state index contributed by atoms with van der Waals surface area (Å²) >= 11 is 0. The van der Waals surface area contributed by atoms with Crippen molar-refractivity contribution in [1.82, 2.24) is 0 Å². The molecule has 0 unspecified atom stereocenters. The minimum absolute atomic E-state index is 1.24. The van der Waals surface area contributed by atoms with Crippen LogP contribution in [0.4, 0.5) is 0 Å². The molecule has 7 aromatic carbocycles. The Labute approximate surface area is 205 Å². The van der Waals surface area contributed by atoms with E-state index < -0.39 is 0 Å². The molecule has 164 valence electrons. The van der Waals surface area contributed by atoms with Crippen LogP contribution in [0, 0.1) is 6.92 Å². The van der Waals surface area contributed by atoms with E-state index in [4.69, 9.17) is 0 Å². The predicted molar refractivity (Wildman–Crippen MR) is 152 cm³/mol. The summed E-state index contributed by atoms with van der Waals surface area (Å²) in [6.45, 7) is 2.20. The number of hydrogen-bond donors (Lipinski definition) is 0. The minimum atomic E-state index is 1.24. The maximum Gasteiger partial charge on any atom is -0.00761 e. The van der Waals surface area contributed by atoms with Gasteiger partial charge in [-0.2, -0.15) is 0 Å². The average Bonchev–Trinajstić information content (AvgIpc) is 2.93. The largest absolute Gasteiger partial charge is 0.0616 e. The molecule has 0 aliphatic rings. The number of hydrogen-bond acceptors (Lipinski definition) is 0. The normalized spacial score (nSPS) is 11.6. The Balaban J connectivity index is 1.40. The van der Waals surface area contributed by atoms with E-state index >= 15 is 0 Å². The second-order valence-electron chi connectivity index (χ2n) is 9.41. The molecule has 0 amide bonds. The fraction of sp³-hybridized carbons (Fsp3) is 0.0286. The summed E-state index contributed by atoms with van der Waals surface area (Å²) in [5, 5.41) is 10.5. The van der Waals surface area contributed by atoms with Crippen LogP contribution in [0.5, 0.6) is 0 Å². The molecule has 0 atom stereocenters. The van der Waals surface area contributed by atoms with Crippen molar-refractivity contribution >= 4 is 43.1 Å².